The Labute approximate surface area is 162 Å². The number of carbonyl (C=O) groups excluding carboxylic acids is 2. The van der Waals surface area contributed by atoms with E-state index >= 15 is 0 Å². The van der Waals surface area contributed by atoms with E-state index in [1.165, 1.54) is 17.3 Å². The van der Waals surface area contributed by atoms with Gasteiger partial charge in [-0.25, -0.2) is 9.78 Å². The SMILES string of the molecule is NC(=O)N1CCCC[C@]1(Cc1ccccc1)C(=O)NCc1nccnc1Cl. The van der Waals surface area contributed by atoms with Crippen LogP contribution in [-0.4, -0.2) is 38.9 Å². The van der Waals surface area contributed by atoms with Crippen LogP contribution in [0.5, 0.6) is 0 Å². The van der Waals surface area contributed by atoms with Gasteiger partial charge < -0.3 is 16.0 Å². The Kier molecular flexibility index (Phi) is 5.91. The number of nitrogens with zero attached hydrogens (tertiary/aromatic N) is 3. The van der Waals surface area contributed by atoms with Crippen LogP contribution in [0.2, 0.25) is 5.15 Å². The Morgan fingerprint density at radius 3 is 2.63 bits per heavy atom. The van der Waals surface area contributed by atoms with Crippen molar-refractivity contribution in [1.82, 2.24) is 20.2 Å². The van der Waals surface area contributed by atoms with Crippen LogP contribution in [0, 0.1) is 0 Å². The third-order valence-corrected chi connectivity index (χ3v) is 5.22. The molecule has 27 heavy (non-hydrogen) atoms. The van der Waals surface area contributed by atoms with Crippen LogP contribution in [0.25, 0.3) is 0 Å². The van der Waals surface area contributed by atoms with Gasteiger partial charge in [-0.05, 0) is 24.8 Å². The van der Waals surface area contributed by atoms with Gasteiger partial charge in [-0.1, -0.05) is 41.9 Å². The summed E-state index contributed by atoms with van der Waals surface area (Å²) >= 11 is 6.03. The minimum Gasteiger partial charge on any atom is -0.351 e. The highest BCUT2D eigenvalue weighted by atomic mass is 35.5. The second-order valence-corrected chi connectivity index (χ2v) is 6.98. The number of piperidine rings is 1. The predicted octanol–water partition coefficient (Wildman–Crippen LogP) is 2.29. The van der Waals surface area contributed by atoms with Gasteiger partial charge in [0.15, 0.2) is 5.15 Å². The molecule has 0 unspecified atom stereocenters. The molecule has 3 amide bonds. The van der Waals surface area contributed by atoms with Gasteiger partial charge in [-0.2, -0.15) is 0 Å². The molecule has 8 heteroatoms. The number of rotatable bonds is 5. The summed E-state index contributed by atoms with van der Waals surface area (Å²) in [5.41, 5.74) is 6.05. The Morgan fingerprint density at radius 1 is 1.19 bits per heavy atom. The zero-order chi connectivity index (χ0) is 19.3. The van der Waals surface area contributed by atoms with Crippen LogP contribution in [0.1, 0.15) is 30.5 Å². The van der Waals surface area contributed by atoms with E-state index in [4.69, 9.17) is 17.3 Å². The fraction of sp³-hybridized carbons (Fsp3) is 0.368. The summed E-state index contributed by atoms with van der Waals surface area (Å²) in [4.78, 5) is 35.0. The topological polar surface area (TPSA) is 101 Å². The highest BCUT2D eigenvalue weighted by Crippen LogP contribution is 2.32. The fourth-order valence-corrected chi connectivity index (χ4v) is 3.76. The molecule has 1 aromatic carbocycles. The van der Waals surface area contributed by atoms with Crippen LogP contribution >= 0.6 is 11.6 Å². The van der Waals surface area contributed by atoms with E-state index in [0.717, 1.165) is 18.4 Å². The minimum absolute atomic E-state index is 0.134. The molecule has 2 aromatic rings. The Hall–Kier alpha value is -2.67. The lowest BCUT2D eigenvalue weighted by molar-refractivity contribution is -0.134. The summed E-state index contributed by atoms with van der Waals surface area (Å²) in [7, 11) is 0. The molecule has 1 saturated heterocycles. The molecule has 0 aliphatic carbocycles. The summed E-state index contributed by atoms with van der Waals surface area (Å²) in [5.74, 6) is -0.258. The molecule has 1 fully saturated rings. The number of urea groups is 1. The predicted molar refractivity (Wildman–Crippen MR) is 102 cm³/mol. The van der Waals surface area contributed by atoms with Crippen LogP contribution in [-0.2, 0) is 17.8 Å². The lowest BCUT2D eigenvalue weighted by Crippen LogP contribution is -2.64. The van der Waals surface area contributed by atoms with Crippen molar-refractivity contribution in [2.24, 2.45) is 5.73 Å². The van der Waals surface area contributed by atoms with E-state index in [9.17, 15) is 9.59 Å². The first-order valence-electron chi connectivity index (χ1n) is 8.87. The van der Waals surface area contributed by atoms with Crippen molar-refractivity contribution in [3.8, 4) is 0 Å². The Morgan fingerprint density at radius 2 is 1.93 bits per heavy atom. The highest BCUT2D eigenvalue weighted by molar-refractivity contribution is 6.30. The summed E-state index contributed by atoms with van der Waals surface area (Å²) in [6, 6.07) is 9.05. The van der Waals surface area contributed by atoms with Crippen molar-refractivity contribution in [1.29, 1.82) is 0 Å². The van der Waals surface area contributed by atoms with Gasteiger partial charge in [0.25, 0.3) is 0 Å². The molecule has 1 atom stereocenters. The number of amides is 3. The van der Waals surface area contributed by atoms with Crippen LogP contribution < -0.4 is 11.1 Å². The largest absolute Gasteiger partial charge is 0.351 e. The lowest BCUT2D eigenvalue weighted by Gasteiger charge is -2.45. The smallest absolute Gasteiger partial charge is 0.315 e. The highest BCUT2D eigenvalue weighted by Gasteiger charge is 2.47. The molecular weight excluding hydrogens is 366 g/mol. The standard InChI is InChI=1S/C19H22ClN5O2/c20-16-15(22-9-10-23-16)13-24-17(26)19(12-14-6-2-1-3-7-14)8-4-5-11-25(19)18(21)27/h1-3,6-7,9-10H,4-5,8,11-13H2,(H2,21,27)(H,24,26)/t19-/m0/s1. The molecule has 2 heterocycles. The van der Waals surface area contributed by atoms with Crippen LogP contribution in [0.15, 0.2) is 42.7 Å². The average Bonchev–Trinajstić information content (AvgIpc) is 2.68. The quantitative estimate of drug-likeness (QED) is 0.821. The number of primary amides is 1. The average molecular weight is 388 g/mol. The zero-order valence-corrected chi connectivity index (χ0v) is 15.7. The van der Waals surface area contributed by atoms with E-state index in [-0.39, 0.29) is 17.6 Å². The second kappa shape index (κ2) is 8.35. The maximum absolute atomic E-state index is 13.3. The summed E-state index contributed by atoms with van der Waals surface area (Å²) in [6.45, 7) is 0.593. The van der Waals surface area contributed by atoms with Crippen molar-refractivity contribution < 1.29 is 9.59 Å². The molecule has 1 aromatic heterocycles. The van der Waals surface area contributed by atoms with Crippen LogP contribution in [0.4, 0.5) is 4.79 Å². The van der Waals surface area contributed by atoms with Gasteiger partial charge in [0, 0.05) is 25.4 Å². The molecule has 1 aliphatic heterocycles. The summed E-state index contributed by atoms with van der Waals surface area (Å²) in [6.07, 6.45) is 5.62. The number of aromatic nitrogens is 2. The van der Waals surface area contributed by atoms with E-state index in [2.05, 4.69) is 15.3 Å². The van der Waals surface area contributed by atoms with Crippen molar-refractivity contribution >= 4 is 23.5 Å². The summed E-state index contributed by atoms with van der Waals surface area (Å²) in [5, 5.41) is 3.12. The van der Waals surface area contributed by atoms with Gasteiger partial charge in [0.05, 0.1) is 12.2 Å². The number of likely N-dealkylation sites (tertiary alicyclic amines) is 1. The first-order chi connectivity index (χ1) is 13.0. The minimum atomic E-state index is -1.03. The second-order valence-electron chi connectivity index (χ2n) is 6.62. The van der Waals surface area contributed by atoms with Gasteiger partial charge in [0.2, 0.25) is 5.91 Å². The van der Waals surface area contributed by atoms with Gasteiger partial charge in [-0.15, -0.1) is 0 Å². The van der Waals surface area contributed by atoms with E-state index in [1.54, 1.807) is 0 Å². The zero-order valence-electron chi connectivity index (χ0n) is 14.9. The normalized spacial score (nSPS) is 19.5. The fourth-order valence-electron chi connectivity index (χ4n) is 3.59. The van der Waals surface area contributed by atoms with Gasteiger partial charge in [-0.3, -0.25) is 9.78 Å². The van der Waals surface area contributed by atoms with E-state index < -0.39 is 11.6 Å². The monoisotopic (exact) mass is 387 g/mol. The molecule has 0 spiro atoms. The number of benzene rings is 1. The van der Waals surface area contributed by atoms with E-state index in [1.807, 2.05) is 30.3 Å². The van der Waals surface area contributed by atoms with Gasteiger partial charge >= 0.3 is 6.03 Å². The third kappa shape index (κ3) is 4.19. The lowest BCUT2D eigenvalue weighted by atomic mass is 9.80. The van der Waals surface area contributed by atoms with E-state index in [0.29, 0.717) is 25.1 Å². The number of carbonyl (C=O) groups is 2. The Bertz CT molecular complexity index is 817. The Balaban J connectivity index is 1.87. The molecule has 3 N–H and O–H groups in total. The molecule has 0 saturated carbocycles. The maximum atomic E-state index is 13.3. The molecule has 7 nitrogen and oxygen atoms in total. The molecular formula is C19H22ClN5O2. The number of halogens is 1. The molecule has 1 aliphatic rings. The van der Waals surface area contributed by atoms with Crippen molar-refractivity contribution in [2.75, 3.05) is 6.54 Å². The number of hydrogen-bond acceptors (Lipinski definition) is 4. The third-order valence-electron chi connectivity index (χ3n) is 4.91. The van der Waals surface area contributed by atoms with Crippen molar-refractivity contribution in [2.45, 2.75) is 37.8 Å². The molecule has 0 bridgehead atoms. The number of nitrogens with two attached hydrogens (primary N) is 1. The molecule has 0 radical (unpaired) electrons. The molecule has 3 rings (SSSR count). The summed E-state index contributed by atoms with van der Waals surface area (Å²) < 4.78 is 0. The first kappa shape index (κ1) is 19.1. The van der Waals surface area contributed by atoms with Crippen molar-refractivity contribution in [3.63, 3.8) is 0 Å². The van der Waals surface area contributed by atoms with Gasteiger partial charge in [0.1, 0.15) is 5.54 Å². The maximum Gasteiger partial charge on any atom is 0.315 e. The number of hydrogen-bond donors (Lipinski definition) is 2. The number of nitrogens with one attached hydrogen (secondary N) is 1. The first-order valence-corrected chi connectivity index (χ1v) is 9.25. The van der Waals surface area contributed by atoms with Crippen molar-refractivity contribution in [3.05, 3.63) is 59.1 Å². The molecule has 142 valence electrons. The van der Waals surface area contributed by atoms with Crippen LogP contribution in [0.3, 0.4) is 0 Å².